The molecule has 1 fully saturated rings. The number of carbonyl (C=O) groups is 1. The molecule has 2 atom stereocenters. The predicted octanol–water partition coefficient (Wildman–Crippen LogP) is 2.02. The van der Waals surface area contributed by atoms with Crippen molar-refractivity contribution in [1.82, 2.24) is 0 Å². The van der Waals surface area contributed by atoms with E-state index in [1.54, 1.807) is 24.3 Å². The number of phenolic OH excluding ortho intramolecular Hbond substituents is 1. The van der Waals surface area contributed by atoms with Crippen LogP contribution in [-0.4, -0.2) is 16.9 Å². The number of rotatable bonds is 3. The summed E-state index contributed by atoms with van der Waals surface area (Å²) < 4.78 is 0. The van der Waals surface area contributed by atoms with Gasteiger partial charge < -0.3 is 10.8 Å². The van der Waals surface area contributed by atoms with Gasteiger partial charge in [-0.15, -0.1) is 0 Å². The van der Waals surface area contributed by atoms with Gasteiger partial charge in [0.1, 0.15) is 11.5 Å². The topological polar surface area (TPSA) is 63.3 Å². The summed E-state index contributed by atoms with van der Waals surface area (Å²) in [4.78, 5) is 12.1. The third kappa shape index (κ3) is 3.07. The fourth-order valence-electron chi connectivity index (χ4n) is 2.51. The van der Waals surface area contributed by atoms with Crippen molar-refractivity contribution in [3.8, 4) is 5.75 Å². The van der Waals surface area contributed by atoms with Crippen molar-refractivity contribution >= 4 is 5.78 Å². The summed E-state index contributed by atoms with van der Waals surface area (Å²) in [6.45, 7) is 0. The number of carbonyl (C=O) groups excluding carboxylic acids is 1. The molecule has 2 unspecified atom stereocenters. The molecule has 17 heavy (non-hydrogen) atoms. The highest BCUT2D eigenvalue weighted by Crippen LogP contribution is 2.25. The average Bonchev–Trinajstić information content (AvgIpc) is 2.32. The molecule has 1 aromatic rings. The van der Waals surface area contributed by atoms with E-state index in [9.17, 15) is 9.90 Å². The standard InChI is InChI=1S/C14H19NO2/c15-13-4-2-1-3-12(13)14(17)9-10-5-7-11(16)8-6-10/h5-8,12-13,16H,1-4,9,15H2. The highest BCUT2D eigenvalue weighted by Gasteiger charge is 2.27. The first-order valence-electron chi connectivity index (χ1n) is 6.23. The number of benzene rings is 1. The molecular weight excluding hydrogens is 214 g/mol. The van der Waals surface area contributed by atoms with Crippen LogP contribution >= 0.6 is 0 Å². The minimum absolute atomic E-state index is 0.0255. The molecule has 2 rings (SSSR count). The molecule has 3 N–H and O–H groups in total. The molecule has 0 amide bonds. The summed E-state index contributed by atoms with van der Waals surface area (Å²) in [5, 5.41) is 9.18. The van der Waals surface area contributed by atoms with Crippen LogP contribution in [0.5, 0.6) is 5.75 Å². The van der Waals surface area contributed by atoms with E-state index >= 15 is 0 Å². The summed E-state index contributed by atoms with van der Waals surface area (Å²) >= 11 is 0. The van der Waals surface area contributed by atoms with Crippen LogP contribution in [0.1, 0.15) is 31.2 Å². The Bertz CT molecular complexity index is 386. The average molecular weight is 233 g/mol. The number of hydrogen-bond acceptors (Lipinski definition) is 3. The van der Waals surface area contributed by atoms with E-state index in [0.29, 0.717) is 6.42 Å². The third-order valence-corrected chi connectivity index (χ3v) is 3.55. The van der Waals surface area contributed by atoms with Crippen LogP contribution in [0.3, 0.4) is 0 Å². The minimum Gasteiger partial charge on any atom is -0.508 e. The highest BCUT2D eigenvalue weighted by atomic mass is 16.3. The van der Waals surface area contributed by atoms with E-state index < -0.39 is 0 Å². The van der Waals surface area contributed by atoms with Gasteiger partial charge in [-0.1, -0.05) is 25.0 Å². The van der Waals surface area contributed by atoms with Gasteiger partial charge >= 0.3 is 0 Å². The molecule has 0 aliphatic heterocycles. The quantitative estimate of drug-likeness (QED) is 0.839. The van der Waals surface area contributed by atoms with Crippen LogP contribution in [0, 0.1) is 5.92 Å². The maximum atomic E-state index is 12.1. The molecule has 3 nitrogen and oxygen atoms in total. The molecule has 1 aliphatic rings. The van der Waals surface area contributed by atoms with Gasteiger partial charge in [-0.3, -0.25) is 4.79 Å². The summed E-state index contributed by atoms with van der Waals surface area (Å²) in [6.07, 6.45) is 4.58. The van der Waals surface area contributed by atoms with Gasteiger partial charge in [-0.05, 0) is 30.5 Å². The van der Waals surface area contributed by atoms with Crippen LogP contribution in [0.15, 0.2) is 24.3 Å². The highest BCUT2D eigenvalue weighted by molar-refractivity contribution is 5.84. The Morgan fingerprint density at radius 3 is 2.53 bits per heavy atom. The molecule has 0 heterocycles. The van der Waals surface area contributed by atoms with Crippen LogP contribution in [0.25, 0.3) is 0 Å². The largest absolute Gasteiger partial charge is 0.508 e. The van der Waals surface area contributed by atoms with Gasteiger partial charge in [0.15, 0.2) is 0 Å². The van der Waals surface area contributed by atoms with Crippen LogP contribution < -0.4 is 5.73 Å². The van der Waals surface area contributed by atoms with Crippen LogP contribution in [-0.2, 0) is 11.2 Å². The van der Waals surface area contributed by atoms with Crippen molar-refractivity contribution in [2.24, 2.45) is 11.7 Å². The normalized spacial score (nSPS) is 24.5. The smallest absolute Gasteiger partial charge is 0.141 e. The maximum absolute atomic E-state index is 12.1. The van der Waals surface area contributed by atoms with E-state index in [-0.39, 0.29) is 23.5 Å². The zero-order valence-corrected chi connectivity index (χ0v) is 9.93. The lowest BCUT2D eigenvalue weighted by atomic mass is 9.81. The second-order valence-electron chi connectivity index (χ2n) is 4.86. The van der Waals surface area contributed by atoms with Gasteiger partial charge in [0.25, 0.3) is 0 Å². The Labute approximate surface area is 102 Å². The lowest BCUT2D eigenvalue weighted by Gasteiger charge is -2.27. The first-order chi connectivity index (χ1) is 8.16. The zero-order chi connectivity index (χ0) is 12.3. The molecule has 0 bridgehead atoms. The van der Waals surface area contributed by atoms with Gasteiger partial charge in [-0.2, -0.15) is 0 Å². The van der Waals surface area contributed by atoms with Crippen molar-refractivity contribution in [3.05, 3.63) is 29.8 Å². The minimum atomic E-state index is 0.0255. The van der Waals surface area contributed by atoms with Gasteiger partial charge in [-0.25, -0.2) is 0 Å². The van der Waals surface area contributed by atoms with Crippen LogP contribution in [0.4, 0.5) is 0 Å². The first kappa shape index (κ1) is 12.1. The molecule has 0 aromatic heterocycles. The molecule has 0 saturated heterocycles. The molecule has 0 radical (unpaired) electrons. The van der Waals surface area contributed by atoms with E-state index in [4.69, 9.17) is 5.73 Å². The lowest BCUT2D eigenvalue weighted by Crippen LogP contribution is -2.38. The van der Waals surface area contributed by atoms with Crippen LogP contribution in [0.2, 0.25) is 0 Å². The van der Waals surface area contributed by atoms with Crippen molar-refractivity contribution in [2.45, 2.75) is 38.1 Å². The zero-order valence-electron chi connectivity index (χ0n) is 9.93. The van der Waals surface area contributed by atoms with Crippen molar-refractivity contribution < 1.29 is 9.90 Å². The molecular formula is C14H19NO2. The van der Waals surface area contributed by atoms with E-state index in [1.807, 2.05) is 0 Å². The maximum Gasteiger partial charge on any atom is 0.141 e. The summed E-state index contributed by atoms with van der Waals surface area (Å²) in [5.74, 6) is 0.496. The van der Waals surface area contributed by atoms with Gasteiger partial charge in [0, 0.05) is 18.4 Å². The SMILES string of the molecule is NC1CCCCC1C(=O)Cc1ccc(O)cc1. The Morgan fingerprint density at radius 1 is 1.24 bits per heavy atom. The predicted molar refractivity (Wildman–Crippen MR) is 66.8 cm³/mol. The number of aromatic hydroxyl groups is 1. The molecule has 1 aliphatic carbocycles. The molecule has 1 aromatic carbocycles. The van der Waals surface area contributed by atoms with Gasteiger partial charge in [0.05, 0.1) is 0 Å². The third-order valence-electron chi connectivity index (χ3n) is 3.55. The first-order valence-corrected chi connectivity index (χ1v) is 6.23. The number of phenols is 1. The van der Waals surface area contributed by atoms with Crippen molar-refractivity contribution in [2.75, 3.05) is 0 Å². The Morgan fingerprint density at radius 2 is 1.88 bits per heavy atom. The second-order valence-corrected chi connectivity index (χ2v) is 4.86. The van der Waals surface area contributed by atoms with Gasteiger partial charge in [0.2, 0.25) is 0 Å². The molecule has 3 heteroatoms. The number of nitrogens with two attached hydrogens (primary N) is 1. The fourth-order valence-corrected chi connectivity index (χ4v) is 2.51. The van der Waals surface area contributed by atoms with E-state index in [1.165, 1.54) is 0 Å². The molecule has 92 valence electrons. The van der Waals surface area contributed by atoms with Crippen molar-refractivity contribution in [1.29, 1.82) is 0 Å². The number of Topliss-reactive ketones (excluding diaryl/α,β-unsaturated/α-hetero) is 1. The summed E-state index contributed by atoms with van der Waals surface area (Å²) in [7, 11) is 0. The lowest BCUT2D eigenvalue weighted by molar-refractivity contribution is -0.123. The molecule has 1 saturated carbocycles. The fraction of sp³-hybridized carbons (Fsp3) is 0.500. The summed E-state index contributed by atoms with van der Waals surface area (Å²) in [5.41, 5.74) is 6.95. The summed E-state index contributed by atoms with van der Waals surface area (Å²) in [6, 6.07) is 6.85. The molecule has 0 spiro atoms. The van der Waals surface area contributed by atoms with E-state index in [2.05, 4.69) is 0 Å². The monoisotopic (exact) mass is 233 g/mol. The Hall–Kier alpha value is -1.35. The Kier molecular flexibility index (Phi) is 3.79. The number of hydrogen-bond donors (Lipinski definition) is 2. The van der Waals surface area contributed by atoms with Crippen molar-refractivity contribution in [3.63, 3.8) is 0 Å². The van der Waals surface area contributed by atoms with E-state index in [0.717, 1.165) is 31.2 Å². The Balaban J connectivity index is 1.98. The second kappa shape index (κ2) is 5.32. The number of ketones is 1.